The smallest absolute Gasteiger partial charge is 0.287 e. The molecule has 1 atom stereocenters. The number of amidine groups is 1. The summed E-state index contributed by atoms with van der Waals surface area (Å²) >= 11 is 0. The highest BCUT2D eigenvalue weighted by Crippen LogP contribution is 2.24. The maximum atomic E-state index is 12.8. The Labute approximate surface area is 149 Å². The van der Waals surface area contributed by atoms with Gasteiger partial charge < -0.3 is 0 Å². The normalized spacial score (nSPS) is 25.6. The Morgan fingerprint density at radius 1 is 1.24 bits per heavy atom. The number of fused-ring (bicyclic) bond motifs is 1. The van der Waals surface area contributed by atoms with E-state index in [-0.39, 0.29) is 11.9 Å². The Bertz CT molecular complexity index is 702. The summed E-state index contributed by atoms with van der Waals surface area (Å²) in [5.74, 6) is -0.103. The van der Waals surface area contributed by atoms with E-state index in [4.69, 9.17) is 4.99 Å². The lowest BCUT2D eigenvalue weighted by Gasteiger charge is -2.32. The van der Waals surface area contributed by atoms with Crippen LogP contribution in [-0.4, -0.2) is 53.9 Å². The summed E-state index contributed by atoms with van der Waals surface area (Å²) in [6, 6.07) is -0.316. The van der Waals surface area contributed by atoms with Crippen LogP contribution in [0.5, 0.6) is 0 Å². The van der Waals surface area contributed by atoms with Gasteiger partial charge >= 0.3 is 6.03 Å². The van der Waals surface area contributed by atoms with Crippen molar-refractivity contribution in [2.75, 3.05) is 20.6 Å². The summed E-state index contributed by atoms with van der Waals surface area (Å²) in [5.41, 5.74) is 3.33. The maximum absolute atomic E-state index is 12.8. The highest BCUT2D eigenvalue weighted by molar-refractivity contribution is 6.31. The Kier molecular flexibility index (Phi) is 5.16. The third kappa shape index (κ3) is 3.30. The zero-order chi connectivity index (χ0) is 18.0. The number of hydrogen-bond acceptors (Lipinski definition) is 3. The van der Waals surface area contributed by atoms with E-state index in [0.717, 1.165) is 24.1 Å². The predicted octanol–water partition coefficient (Wildman–Crippen LogP) is 1.24. The van der Waals surface area contributed by atoms with Gasteiger partial charge in [0.2, 0.25) is 0 Å². The average molecular weight is 343 g/mol. The number of aliphatic imine (C=N–C) groups is 1. The molecule has 0 aromatic carbocycles. The fraction of sp³-hybridized carbons (Fsp3) is 0.579. The van der Waals surface area contributed by atoms with Crippen molar-refractivity contribution >= 4 is 23.5 Å². The van der Waals surface area contributed by atoms with Crippen LogP contribution in [0.4, 0.5) is 4.79 Å². The third-order valence-electron chi connectivity index (χ3n) is 5.26. The van der Waals surface area contributed by atoms with Crippen molar-refractivity contribution in [2.45, 2.75) is 45.4 Å². The minimum atomic E-state index is -0.506. The van der Waals surface area contributed by atoms with E-state index in [1.54, 1.807) is 7.05 Å². The van der Waals surface area contributed by atoms with E-state index in [0.29, 0.717) is 12.4 Å². The number of amides is 3. The van der Waals surface area contributed by atoms with Gasteiger partial charge in [-0.3, -0.25) is 9.79 Å². The molecule has 0 spiro atoms. The molecule has 1 saturated heterocycles. The molecule has 0 bridgehead atoms. The SMILES string of the molecule is CCC1=C[NH+]=C2C(C(=O)N(C)C(=O)N2C)C1=NCCC1=CCCCC1. The summed E-state index contributed by atoms with van der Waals surface area (Å²) in [5, 5.41) is 0. The molecule has 6 heteroatoms. The second-order valence-corrected chi connectivity index (χ2v) is 6.85. The van der Waals surface area contributed by atoms with Crippen molar-refractivity contribution in [2.24, 2.45) is 10.9 Å². The standard InChI is InChI=1S/C19H26N4O2/c1-4-14-12-21-17-15(18(24)23(3)19(25)22(17)2)16(14)20-11-10-13-8-6-5-7-9-13/h8,12,15H,4-7,9-11H2,1-3H3/p+1. The molecule has 0 aromatic rings. The predicted molar refractivity (Wildman–Crippen MR) is 97.2 cm³/mol. The zero-order valence-electron chi connectivity index (χ0n) is 15.3. The minimum Gasteiger partial charge on any atom is -0.287 e. The molecule has 6 nitrogen and oxygen atoms in total. The highest BCUT2D eigenvalue weighted by Gasteiger charge is 2.50. The number of nitrogens with one attached hydrogen (secondary N) is 1. The Morgan fingerprint density at radius 3 is 2.72 bits per heavy atom. The number of rotatable bonds is 4. The summed E-state index contributed by atoms with van der Waals surface area (Å²) < 4.78 is 0. The number of carbonyl (C=O) groups is 2. The topological polar surface area (TPSA) is 67.0 Å². The first-order valence-corrected chi connectivity index (χ1v) is 9.15. The van der Waals surface area contributed by atoms with Crippen LogP contribution in [-0.2, 0) is 4.79 Å². The number of urea groups is 1. The summed E-state index contributed by atoms with van der Waals surface area (Å²) in [6.07, 6.45) is 10.9. The molecule has 134 valence electrons. The second kappa shape index (κ2) is 7.33. The van der Waals surface area contributed by atoms with Crippen molar-refractivity contribution in [1.82, 2.24) is 9.80 Å². The molecule has 3 amide bonds. The molecular formula is C19H27N4O2+. The van der Waals surface area contributed by atoms with Crippen molar-refractivity contribution in [3.05, 3.63) is 23.4 Å². The van der Waals surface area contributed by atoms with Crippen molar-refractivity contribution in [3.8, 4) is 0 Å². The van der Waals surface area contributed by atoms with Gasteiger partial charge in [0.05, 0.1) is 19.0 Å². The fourth-order valence-electron chi connectivity index (χ4n) is 3.70. The number of nitrogens with zero attached hydrogens (tertiary/aromatic N) is 3. The zero-order valence-corrected chi connectivity index (χ0v) is 15.3. The van der Waals surface area contributed by atoms with Crippen LogP contribution < -0.4 is 4.99 Å². The first-order chi connectivity index (χ1) is 12.0. The molecular weight excluding hydrogens is 316 g/mol. The molecule has 1 aliphatic carbocycles. The van der Waals surface area contributed by atoms with Gasteiger partial charge in [0, 0.05) is 19.2 Å². The van der Waals surface area contributed by atoms with Crippen molar-refractivity contribution in [3.63, 3.8) is 0 Å². The highest BCUT2D eigenvalue weighted by atomic mass is 16.2. The van der Waals surface area contributed by atoms with Crippen molar-refractivity contribution in [1.29, 1.82) is 0 Å². The Hall–Kier alpha value is -2.24. The Balaban J connectivity index is 1.85. The molecule has 0 saturated carbocycles. The molecule has 2 aliphatic heterocycles. The summed E-state index contributed by atoms with van der Waals surface area (Å²) in [7, 11) is 3.22. The monoisotopic (exact) mass is 343 g/mol. The van der Waals surface area contributed by atoms with Gasteiger partial charge in [-0.25, -0.2) is 14.7 Å². The summed E-state index contributed by atoms with van der Waals surface area (Å²) in [6.45, 7) is 2.75. The first kappa shape index (κ1) is 17.6. The van der Waals surface area contributed by atoms with E-state index in [9.17, 15) is 9.59 Å². The molecule has 25 heavy (non-hydrogen) atoms. The molecule has 3 aliphatic rings. The van der Waals surface area contributed by atoms with E-state index >= 15 is 0 Å². The van der Waals surface area contributed by atoms with Crippen LogP contribution in [0.1, 0.15) is 45.4 Å². The number of allylic oxidation sites excluding steroid dienone is 2. The first-order valence-electron chi connectivity index (χ1n) is 9.15. The van der Waals surface area contributed by atoms with Crippen molar-refractivity contribution < 1.29 is 14.6 Å². The van der Waals surface area contributed by atoms with Crippen LogP contribution in [0, 0.1) is 5.92 Å². The lowest BCUT2D eigenvalue weighted by atomic mass is 9.89. The van der Waals surface area contributed by atoms with Crippen LogP contribution >= 0.6 is 0 Å². The van der Waals surface area contributed by atoms with Crippen LogP contribution in [0.3, 0.4) is 0 Å². The van der Waals surface area contributed by atoms with Gasteiger partial charge in [0.1, 0.15) is 0 Å². The largest absolute Gasteiger partial charge is 0.417 e. The molecule has 2 heterocycles. The quantitative estimate of drug-likeness (QED) is 0.781. The average Bonchev–Trinajstić information content (AvgIpc) is 2.65. The van der Waals surface area contributed by atoms with Gasteiger partial charge in [-0.05, 0) is 38.5 Å². The van der Waals surface area contributed by atoms with E-state index in [1.165, 1.54) is 48.1 Å². The molecule has 0 radical (unpaired) electrons. The van der Waals surface area contributed by atoms with Crippen LogP contribution in [0.25, 0.3) is 0 Å². The minimum absolute atomic E-state index is 0.208. The van der Waals surface area contributed by atoms with Gasteiger partial charge in [0.15, 0.2) is 5.92 Å². The molecule has 1 fully saturated rings. The lowest BCUT2D eigenvalue weighted by Crippen LogP contribution is -2.80. The van der Waals surface area contributed by atoms with Crippen LogP contribution in [0.15, 0.2) is 28.4 Å². The third-order valence-corrected chi connectivity index (χ3v) is 5.26. The van der Waals surface area contributed by atoms with Gasteiger partial charge in [-0.2, -0.15) is 4.90 Å². The number of hydrogen-bond donors (Lipinski definition) is 1. The van der Waals surface area contributed by atoms with Gasteiger partial charge in [-0.1, -0.05) is 18.6 Å². The molecule has 1 unspecified atom stereocenters. The molecule has 0 aromatic heterocycles. The number of carbonyl (C=O) groups excluding carboxylic acids is 2. The second-order valence-electron chi connectivity index (χ2n) is 6.85. The maximum Gasteiger partial charge on any atom is 0.417 e. The molecule has 3 rings (SSSR count). The van der Waals surface area contributed by atoms with Gasteiger partial charge in [0.25, 0.3) is 11.7 Å². The van der Waals surface area contributed by atoms with Gasteiger partial charge in [-0.15, -0.1) is 0 Å². The summed E-state index contributed by atoms with van der Waals surface area (Å²) in [4.78, 5) is 35.6. The Morgan fingerprint density at radius 2 is 2.04 bits per heavy atom. The van der Waals surface area contributed by atoms with E-state index in [2.05, 4.69) is 18.0 Å². The number of imide groups is 1. The van der Waals surface area contributed by atoms with E-state index in [1.807, 2.05) is 6.20 Å². The van der Waals surface area contributed by atoms with Crippen LogP contribution in [0.2, 0.25) is 0 Å². The lowest BCUT2D eigenvalue weighted by molar-refractivity contribution is -0.383. The van der Waals surface area contributed by atoms with E-state index < -0.39 is 5.92 Å². The fourth-order valence-corrected chi connectivity index (χ4v) is 3.70. The molecule has 1 N–H and O–H groups in total.